The van der Waals surface area contributed by atoms with Crippen LogP contribution in [-0.2, 0) is 7.05 Å². The Morgan fingerprint density at radius 1 is 1.20 bits per heavy atom. The molecule has 2 aromatic rings. The lowest BCUT2D eigenvalue weighted by atomic mass is 10.5. The van der Waals surface area contributed by atoms with Crippen molar-refractivity contribution in [2.75, 3.05) is 17.7 Å². The monoisotopic (exact) mass is 204 g/mol. The van der Waals surface area contributed by atoms with Crippen LogP contribution in [0.2, 0.25) is 0 Å². The minimum atomic E-state index is 0.667. The predicted molar refractivity (Wildman–Crippen MR) is 58.1 cm³/mol. The highest BCUT2D eigenvalue weighted by molar-refractivity contribution is 5.52. The normalized spacial score (nSPS) is 10.0. The minimum Gasteiger partial charge on any atom is -0.372 e. The van der Waals surface area contributed by atoms with E-state index in [2.05, 4.69) is 25.7 Å². The third kappa shape index (κ3) is 2.22. The Morgan fingerprint density at radius 3 is 2.67 bits per heavy atom. The van der Waals surface area contributed by atoms with Crippen molar-refractivity contribution in [2.24, 2.45) is 7.05 Å². The van der Waals surface area contributed by atoms with Crippen molar-refractivity contribution >= 4 is 17.5 Å². The summed E-state index contributed by atoms with van der Waals surface area (Å²) in [5.74, 6) is 2.14. The van der Waals surface area contributed by atoms with Gasteiger partial charge in [0, 0.05) is 26.4 Å². The van der Waals surface area contributed by atoms with Gasteiger partial charge in [-0.25, -0.2) is 4.98 Å². The Hall–Kier alpha value is -2.11. The topological polar surface area (TPSA) is 67.7 Å². The van der Waals surface area contributed by atoms with Crippen molar-refractivity contribution in [1.29, 1.82) is 0 Å². The quantitative estimate of drug-likeness (QED) is 0.780. The van der Waals surface area contributed by atoms with E-state index in [0.29, 0.717) is 5.82 Å². The van der Waals surface area contributed by atoms with Gasteiger partial charge in [0.2, 0.25) is 0 Å². The van der Waals surface area contributed by atoms with E-state index in [9.17, 15) is 0 Å². The summed E-state index contributed by atoms with van der Waals surface area (Å²) in [6, 6.07) is 1.87. The van der Waals surface area contributed by atoms with Gasteiger partial charge in [0.1, 0.15) is 5.82 Å². The maximum Gasteiger partial charge on any atom is 0.153 e. The van der Waals surface area contributed by atoms with Gasteiger partial charge in [-0.15, -0.1) is 0 Å². The van der Waals surface area contributed by atoms with Crippen LogP contribution in [0.25, 0.3) is 0 Å². The van der Waals surface area contributed by atoms with Gasteiger partial charge in [-0.1, -0.05) is 0 Å². The van der Waals surface area contributed by atoms with Gasteiger partial charge >= 0.3 is 0 Å². The summed E-state index contributed by atoms with van der Waals surface area (Å²) in [5.41, 5.74) is 0. The van der Waals surface area contributed by atoms with E-state index >= 15 is 0 Å². The molecule has 0 saturated heterocycles. The van der Waals surface area contributed by atoms with Gasteiger partial charge in [0.25, 0.3) is 0 Å². The standard InChI is InChI=1S/C9H12N6/c1-10-8-5-11-6-9(13-8)12-7-3-4-15(2)14-7/h3-6H,1-2H3,(H2,10,12,13,14). The molecule has 0 aromatic carbocycles. The smallest absolute Gasteiger partial charge is 0.153 e. The maximum atomic E-state index is 4.26. The Labute approximate surface area is 87.4 Å². The largest absolute Gasteiger partial charge is 0.372 e. The molecule has 0 aliphatic carbocycles. The van der Waals surface area contributed by atoms with Crippen LogP contribution in [0.1, 0.15) is 0 Å². The Balaban J connectivity index is 2.16. The summed E-state index contributed by atoms with van der Waals surface area (Å²) >= 11 is 0. The summed E-state index contributed by atoms with van der Waals surface area (Å²) in [4.78, 5) is 8.30. The predicted octanol–water partition coefficient (Wildman–Crippen LogP) is 0.995. The fraction of sp³-hybridized carbons (Fsp3) is 0.222. The van der Waals surface area contributed by atoms with E-state index in [4.69, 9.17) is 0 Å². The first-order chi connectivity index (χ1) is 7.28. The first-order valence-corrected chi connectivity index (χ1v) is 4.54. The number of nitrogens with zero attached hydrogens (tertiary/aromatic N) is 4. The van der Waals surface area contributed by atoms with Gasteiger partial charge in [0.05, 0.1) is 12.4 Å². The van der Waals surface area contributed by atoms with Crippen molar-refractivity contribution in [3.63, 3.8) is 0 Å². The first-order valence-electron chi connectivity index (χ1n) is 4.54. The molecule has 6 nitrogen and oxygen atoms in total. The molecule has 2 rings (SSSR count). The average Bonchev–Trinajstić information content (AvgIpc) is 2.64. The van der Waals surface area contributed by atoms with Crippen molar-refractivity contribution in [3.05, 3.63) is 24.7 Å². The molecular formula is C9H12N6. The van der Waals surface area contributed by atoms with E-state index in [1.54, 1.807) is 24.1 Å². The number of aryl methyl sites for hydroxylation is 1. The lowest BCUT2D eigenvalue weighted by Gasteiger charge is -2.03. The van der Waals surface area contributed by atoms with Crippen LogP contribution in [0.5, 0.6) is 0 Å². The Kier molecular flexibility index (Phi) is 2.49. The van der Waals surface area contributed by atoms with Gasteiger partial charge in [-0.05, 0) is 0 Å². The van der Waals surface area contributed by atoms with E-state index < -0.39 is 0 Å². The molecule has 0 spiro atoms. The summed E-state index contributed by atoms with van der Waals surface area (Å²) in [5, 5.41) is 10.2. The molecule has 0 atom stereocenters. The van der Waals surface area contributed by atoms with Crippen LogP contribution < -0.4 is 10.6 Å². The van der Waals surface area contributed by atoms with Crippen LogP contribution in [0, 0.1) is 0 Å². The third-order valence-corrected chi connectivity index (χ3v) is 1.86. The third-order valence-electron chi connectivity index (χ3n) is 1.86. The highest BCUT2D eigenvalue weighted by Crippen LogP contribution is 2.11. The molecule has 0 aliphatic heterocycles. The second-order valence-corrected chi connectivity index (χ2v) is 3.04. The SMILES string of the molecule is CNc1cncc(Nc2ccn(C)n2)n1. The molecular weight excluding hydrogens is 192 g/mol. The molecule has 15 heavy (non-hydrogen) atoms. The Bertz CT molecular complexity index is 449. The number of hydrogen-bond donors (Lipinski definition) is 2. The van der Waals surface area contributed by atoms with Gasteiger partial charge in [-0.3, -0.25) is 9.67 Å². The van der Waals surface area contributed by atoms with Crippen molar-refractivity contribution < 1.29 is 0 Å². The summed E-state index contributed by atoms with van der Waals surface area (Å²) in [6.45, 7) is 0. The summed E-state index contributed by atoms with van der Waals surface area (Å²) < 4.78 is 1.72. The summed E-state index contributed by atoms with van der Waals surface area (Å²) in [6.07, 6.45) is 5.16. The van der Waals surface area contributed by atoms with Crippen LogP contribution >= 0.6 is 0 Å². The molecule has 2 heterocycles. The molecule has 2 aromatic heterocycles. The number of aromatic nitrogens is 4. The van der Waals surface area contributed by atoms with Gasteiger partial charge in [0.15, 0.2) is 11.6 Å². The zero-order chi connectivity index (χ0) is 10.7. The summed E-state index contributed by atoms with van der Waals surface area (Å²) in [7, 11) is 3.66. The van der Waals surface area contributed by atoms with Crippen LogP contribution in [-0.4, -0.2) is 26.8 Å². The van der Waals surface area contributed by atoms with E-state index in [1.165, 1.54) is 0 Å². The first kappa shape index (κ1) is 9.45. The fourth-order valence-corrected chi connectivity index (χ4v) is 1.16. The zero-order valence-corrected chi connectivity index (χ0v) is 8.60. The van der Waals surface area contributed by atoms with E-state index in [1.807, 2.05) is 19.3 Å². The lowest BCUT2D eigenvalue weighted by Crippen LogP contribution is -1.99. The van der Waals surface area contributed by atoms with E-state index in [0.717, 1.165) is 11.6 Å². The number of nitrogens with one attached hydrogen (secondary N) is 2. The second-order valence-electron chi connectivity index (χ2n) is 3.04. The Morgan fingerprint density at radius 2 is 2.00 bits per heavy atom. The van der Waals surface area contributed by atoms with Crippen molar-refractivity contribution in [1.82, 2.24) is 19.7 Å². The molecule has 0 amide bonds. The number of rotatable bonds is 3. The number of anilines is 3. The van der Waals surface area contributed by atoms with Crippen molar-refractivity contribution in [2.45, 2.75) is 0 Å². The molecule has 6 heteroatoms. The second kappa shape index (κ2) is 3.95. The average molecular weight is 204 g/mol. The molecule has 0 aliphatic rings. The maximum absolute atomic E-state index is 4.26. The van der Waals surface area contributed by atoms with Gasteiger partial charge < -0.3 is 10.6 Å². The fourth-order valence-electron chi connectivity index (χ4n) is 1.16. The minimum absolute atomic E-state index is 0.667. The van der Waals surface area contributed by atoms with Crippen LogP contribution in [0.4, 0.5) is 17.5 Å². The van der Waals surface area contributed by atoms with E-state index in [-0.39, 0.29) is 0 Å². The highest BCUT2D eigenvalue weighted by Gasteiger charge is 1.99. The van der Waals surface area contributed by atoms with Crippen LogP contribution in [0.15, 0.2) is 24.7 Å². The number of hydrogen-bond acceptors (Lipinski definition) is 5. The molecule has 78 valence electrons. The molecule has 0 unspecified atom stereocenters. The highest BCUT2D eigenvalue weighted by atomic mass is 15.3. The molecule has 0 fully saturated rings. The molecule has 2 N–H and O–H groups in total. The molecule has 0 radical (unpaired) electrons. The molecule has 0 saturated carbocycles. The zero-order valence-electron chi connectivity index (χ0n) is 8.60. The molecule has 0 bridgehead atoms. The van der Waals surface area contributed by atoms with Gasteiger partial charge in [-0.2, -0.15) is 5.10 Å². The van der Waals surface area contributed by atoms with Crippen LogP contribution in [0.3, 0.4) is 0 Å². The van der Waals surface area contributed by atoms with Crippen molar-refractivity contribution in [3.8, 4) is 0 Å². The lowest BCUT2D eigenvalue weighted by molar-refractivity contribution is 0.771.